The Morgan fingerprint density at radius 2 is 2.15 bits per heavy atom. The highest BCUT2D eigenvalue weighted by atomic mass is 16.5. The smallest absolute Gasteiger partial charge is 0.314 e. The van der Waals surface area contributed by atoms with Crippen molar-refractivity contribution in [1.82, 2.24) is 0 Å². The molecule has 0 saturated heterocycles. The van der Waals surface area contributed by atoms with Crippen LogP contribution in [0.1, 0.15) is 26.7 Å². The van der Waals surface area contributed by atoms with Crippen molar-refractivity contribution < 1.29 is 14.3 Å². The second-order valence-electron chi connectivity index (χ2n) is 3.83. The maximum atomic E-state index is 11.5. The standard InChI is InChI=1S/C9H15NO3/c1-6(2)13-8(12)9(5-10)3-7(11)4-9/h6H,3-5,10H2,1-2H3. The number of rotatable bonds is 3. The number of hydrogen-bond donors (Lipinski definition) is 1. The van der Waals surface area contributed by atoms with Crippen LogP contribution in [0.5, 0.6) is 0 Å². The van der Waals surface area contributed by atoms with E-state index in [1.807, 2.05) is 0 Å². The van der Waals surface area contributed by atoms with Crippen LogP contribution >= 0.6 is 0 Å². The van der Waals surface area contributed by atoms with E-state index in [-0.39, 0.29) is 37.2 Å². The number of carbonyl (C=O) groups is 2. The highest BCUT2D eigenvalue weighted by Gasteiger charge is 2.50. The summed E-state index contributed by atoms with van der Waals surface area (Å²) >= 11 is 0. The third-order valence-corrected chi connectivity index (χ3v) is 2.24. The summed E-state index contributed by atoms with van der Waals surface area (Å²) in [5.74, 6) is -0.240. The zero-order chi connectivity index (χ0) is 10.1. The minimum absolute atomic E-state index is 0.0890. The molecule has 1 fully saturated rings. The summed E-state index contributed by atoms with van der Waals surface area (Å²) in [5, 5.41) is 0. The monoisotopic (exact) mass is 185 g/mol. The Morgan fingerprint density at radius 3 is 2.46 bits per heavy atom. The van der Waals surface area contributed by atoms with Crippen LogP contribution in [0.2, 0.25) is 0 Å². The summed E-state index contributed by atoms with van der Waals surface area (Å²) < 4.78 is 5.03. The van der Waals surface area contributed by atoms with Crippen LogP contribution in [0.25, 0.3) is 0 Å². The Morgan fingerprint density at radius 1 is 1.62 bits per heavy atom. The second kappa shape index (κ2) is 3.46. The molecule has 74 valence electrons. The molecule has 0 aromatic rings. The Kier molecular flexibility index (Phi) is 2.71. The summed E-state index contributed by atoms with van der Waals surface area (Å²) in [7, 11) is 0. The summed E-state index contributed by atoms with van der Waals surface area (Å²) in [6.07, 6.45) is 0.344. The van der Waals surface area contributed by atoms with Crippen LogP contribution < -0.4 is 5.73 Å². The van der Waals surface area contributed by atoms with Gasteiger partial charge in [-0.3, -0.25) is 9.59 Å². The zero-order valence-corrected chi connectivity index (χ0v) is 8.00. The molecular formula is C9H15NO3. The second-order valence-corrected chi connectivity index (χ2v) is 3.83. The summed E-state index contributed by atoms with van der Waals surface area (Å²) in [6.45, 7) is 3.76. The van der Waals surface area contributed by atoms with Crippen LogP contribution in [0.3, 0.4) is 0 Å². The predicted molar refractivity (Wildman–Crippen MR) is 47.0 cm³/mol. The maximum Gasteiger partial charge on any atom is 0.314 e. The van der Waals surface area contributed by atoms with E-state index in [2.05, 4.69) is 0 Å². The van der Waals surface area contributed by atoms with E-state index in [0.29, 0.717) is 0 Å². The molecule has 2 N–H and O–H groups in total. The van der Waals surface area contributed by atoms with Crippen molar-refractivity contribution in [3.8, 4) is 0 Å². The number of carbonyl (C=O) groups excluding carboxylic acids is 2. The van der Waals surface area contributed by atoms with Gasteiger partial charge in [-0.25, -0.2) is 0 Å². The first-order valence-corrected chi connectivity index (χ1v) is 4.43. The minimum atomic E-state index is -0.707. The number of esters is 1. The van der Waals surface area contributed by atoms with Gasteiger partial charge in [0.15, 0.2) is 0 Å². The third kappa shape index (κ3) is 1.88. The van der Waals surface area contributed by atoms with Gasteiger partial charge in [0.05, 0.1) is 11.5 Å². The van der Waals surface area contributed by atoms with Crippen LogP contribution in [0, 0.1) is 5.41 Å². The van der Waals surface area contributed by atoms with Gasteiger partial charge in [-0.05, 0) is 13.8 Å². The van der Waals surface area contributed by atoms with Crippen molar-refractivity contribution in [3.63, 3.8) is 0 Å². The van der Waals surface area contributed by atoms with Gasteiger partial charge in [0.1, 0.15) is 5.78 Å². The van der Waals surface area contributed by atoms with Crippen molar-refractivity contribution in [3.05, 3.63) is 0 Å². The fraction of sp³-hybridized carbons (Fsp3) is 0.778. The number of nitrogens with two attached hydrogens (primary N) is 1. The number of ether oxygens (including phenoxy) is 1. The molecule has 1 saturated carbocycles. The van der Waals surface area contributed by atoms with Gasteiger partial charge in [0.2, 0.25) is 0 Å². The van der Waals surface area contributed by atoms with Crippen LogP contribution in [0.15, 0.2) is 0 Å². The maximum absolute atomic E-state index is 11.5. The van der Waals surface area contributed by atoms with Crippen molar-refractivity contribution in [2.24, 2.45) is 11.1 Å². The van der Waals surface area contributed by atoms with E-state index in [0.717, 1.165) is 0 Å². The molecule has 0 aromatic carbocycles. The zero-order valence-electron chi connectivity index (χ0n) is 8.00. The molecule has 4 nitrogen and oxygen atoms in total. The van der Waals surface area contributed by atoms with E-state index in [1.165, 1.54) is 0 Å². The number of Topliss-reactive ketones (excluding diaryl/α,β-unsaturated/α-hetero) is 1. The topological polar surface area (TPSA) is 69.4 Å². The lowest BCUT2D eigenvalue weighted by Crippen LogP contribution is -2.50. The fourth-order valence-electron chi connectivity index (χ4n) is 1.41. The van der Waals surface area contributed by atoms with Gasteiger partial charge in [-0.15, -0.1) is 0 Å². The molecule has 0 radical (unpaired) electrons. The molecule has 0 bridgehead atoms. The van der Waals surface area contributed by atoms with Gasteiger partial charge in [0.25, 0.3) is 0 Å². The lowest BCUT2D eigenvalue weighted by atomic mass is 9.68. The van der Waals surface area contributed by atoms with E-state index in [9.17, 15) is 9.59 Å². The van der Waals surface area contributed by atoms with Gasteiger partial charge >= 0.3 is 5.97 Å². The van der Waals surface area contributed by atoms with Gasteiger partial charge in [0, 0.05) is 19.4 Å². The largest absolute Gasteiger partial charge is 0.462 e. The highest BCUT2D eigenvalue weighted by molar-refractivity contribution is 5.97. The summed E-state index contributed by atoms with van der Waals surface area (Å²) in [5.41, 5.74) is 4.75. The quantitative estimate of drug-likeness (QED) is 0.640. The van der Waals surface area contributed by atoms with Gasteiger partial charge in [-0.2, -0.15) is 0 Å². The Hall–Kier alpha value is -0.900. The van der Waals surface area contributed by atoms with Crippen molar-refractivity contribution in [1.29, 1.82) is 0 Å². The molecule has 13 heavy (non-hydrogen) atoms. The molecule has 0 heterocycles. The molecule has 4 heteroatoms. The first kappa shape index (κ1) is 10.2. The number of hydrogen-bond acceptors (Lipinski definition) is 4. The number of ketones is 1. The molecular weight excluding hydrogens is 170 g/mol. The van der Waals surface area contributed by atoms with E-state index in [4.69, 9.17) is 10.5 Å². The molecule has 0 amide bonds. The van der Waals surface area contributed by atoms with Crippen molar-refractivity contribution >= 4 is 11.8 Å². The van der Waals surface area contributed by atoms with E-state index in [1.54, 1.807) is 13.8 Å². The molecule has 1 aliphatic carbocycles. The molecule has 1 rings (SSSR count). The normalized spacial score (nSPS) is 19.8. The van der Waals surface area contributed by atoms with Crippen LogP contribution in [-0.4, -0.2) is 24.4 Å². The average Bonchev–Trinajstić information content (AvgIpc) is 1.96. The fourth-order valence-corrected chi connectivity index (χ4v) is 1.41. The van der Waals surface area contributed by atoms with Crippen LogP contribution in [-0.2, 0) is 14.3 Å². The lowest BCUT2D eigenvalue weighted by Gasteiger charge is -2.36. The summed E-state index contributed by atoms with van der Waals surface area (Å²) in [4.78, 5) is 22.3. The van der Waals surface area contributed by atoms with Gasteiger partial charge < -0.3 is 10.5 Å². The Labute approximate surface area is 77.4 Å². The van der Waals surface area contributed by atoms with E-state index >= 15 is 0 Å². The lowest BCUT2D eigenvalue weighted by molar-refractivity contribution is -0.168. The minimum Gasteiger partial charge on any atom is -0.462 e. The molecule has 0 atom stereocenters. The third-order valence-electron chi connectivity index (χ3n) is 2.24. The molecule has 0 aromatic heterocycles. The molecule has 0 spiro atoms. The first-order valence-electron chi connectivity index (χ1n) is 4.43. The predicted octanol–water partition coefficient (Wildman–Crippen LogP) is 0.246. The highest BCUT2D eigenvalue weighted by Crippen LogP contribution is 2.38. The molecule has 0 unspecified atom stereocenters. The Bertz CT molecular complexity index is 227. The van der Waals surface area contributed by atoms with Crippen molar-refractivity contribution in [2.75, 3.05) is 6.54 Å². The summed E-state index contributed by atoms with van der Waals surface area (Å²) in [6, 6.07) is 0. The van der Waals surface area contributed by atoms with Crippen molar-refractivity contribution in [2.45, 2.75) is 32.8 Å². The van der Waals surface area contributed by atoms with Crippen LogP contribution in [0.4, 0.5) is 0 Å². The molecule has 1 aliphatic rings. The first-order chi connectivity index (χ1) is 6.00. The van der Waals surface area contributed by atoms with Gasteiger partial charge in [-0.1, -0.05) is 0 Å². The SMILES string of the molecule is CC(C)OC(=O)C1(CN)CC(=O)C1. The Balaban J connectivity index is 2.57. The van der Waals surface area contributed by atoms with E-state index < -0.39 is 5.41 Å². The molecule has 0 aliphatic heterocycles. The average molecular weight is 185 g/mol.